The van der Waals surface area contributed by atoms with Crippen LogP contribution in [0.4, 0.5) is 0 Å². The topological polar surface area (TPSA) is 24.9 Å². The Hall–Kier alpha value is -1.19. The van der Waals surface area contributed by atoms with Gasteiger partial charge in [-0.15, -0.1) is 11.3 Å². The molecule has 2 aromatic rings. The number of aryl methyl sites for hydroxylation is 2. The minimum Gasteiger partial charge on any atom is -0.307 e. The molecule has 0 spiro atoms. The standard InChI is InChI=1S/C13H16N2S/c1-10-3-4-11(2)12(5-10)6-14-7-13-8-16-9-15-13/h3-5,8-9,14H,6-7H2,1-2H3. The van der Waals surface area contributed by atoms with E-state index >= 15 is 0 Å². The number of aromatic nitrogens is 1. The van der Waals surface area contributed by atoms with E-state index in [1.54, 1.807) is 11.3 Å². The third-order valence-electron chi connectivity index (χ3n) is 2.61. The van der Waals surface area contributed by atoms with Crippen molar-refractivity contribution >= 4 is 11.3 Å². The molecule has 1 heterocycles. The van der Waals surface area contributed by atoms with Gasteiger partial charge in [-0.3, -0.25) is 0 Å². The predicted octanol–water partition coefficient (Wildman–Crippen LogP) is 3.05. The lowest BCUT2D eigenvalue weighted by atomic mass is 10.1. The molecule has 0 aliphatic heterocycles. The van der Waals surface area contributed by atoms with Crippen molar-refractivity contribution in [3.63, 3.8) is 0 Å². The first-order valence-electron chi connectivity index (χ1n) is 5.39. The molecule has 0 bridgehead atoms. The summed E-state index contributed by atoms with van der Waals surface area (Å²) in [5, 5.41) is 5.50. The van der Waals surface area contributed by atoms with Gasteiger partial charge in [-0.1, -0.05) is 23.8 Å². The van der Waals surface area contributed by atoms with Crippen LogP contribution in [0, 0.1) is 13.8 Å². The Morgan fingerprint density at radius 2 is 2.12 bits per heavy atom. The van der Waals surface area contributed by atoms with E-state index in [2.05, 4.69) is 47.7 Å². The van der Waals surface area contributed by atoms with E-state index in [4.69, 9.17) is 0 Å². The highest BCUT2D eigenvalue weighted by molar-refractivity contribution is 7.07. The van der Waals surface area contributed by atoms with Crippen LogP contribution in [-0.2, 0) is 13.1 Å². The summed E-state index contributed by atoms with van der Waals surface area (Å²) in [7, 11) is 0. The average molecular weight is 232 g/mol. The molecular formula is C13H16N2S. The van der Waals surface area contributed by atoms with E-state index < -0.39 is 0 Å². The summed E-state index contributed by atoms with van der Waals surface area (Å²) in [6, 6.07) is 6.57. The molecule has 0 amide bonds. The van der Waals surface area contributed by atoms with E-state index in [1.807, 2.05) is 5.51 Å². The van der Waals surface area contributed by atoms with Gasteiger partial charge in [0.1, 0.15) is 0 Å². The molecule has 0 atom stereocenters. The normalized spacial score (nSPS) is 10.6. The molecule has 0 saturated carbocycles. The highest BCUT2D eigenvalue weighted by atomic mass is 32.1. The van der Waals surface area contributed by atoms with Crippen LogP contribution in [-0.4, -0.2) is 4.98 Å². The van der Waals surface area contributed by atoms with Gasteiger partial charge in [0.15, 0.2) is 0 Å². The van der Waals surface area contributed by atoms with Crippen LogP contribution in [0.15, 0.2) is 29.1 Å². The average Bonchev–Trinajstić information content (AvgIpc) is 2.76. The minimum absolute atomic E-state index is 0.844. The highest BCUT2D eigenvalue weighted by Gasteiger charge is 1.99. The van der Waals surface area contributed by atoms with Crippen LogP contribution >= 0.6 is 11.3 Å². The van der Waals surface area contributed by atoms with Crippen LogP contribution in [0.25, 0.3) is 0 Å². The number of benzene rings is 1. The molecule has 0 unspecified atom stereocenters. The summed E-state index contributed by atoms with van der Waals surface area (Å²) in [5.74, 6) is 0. The monoisotopic (exact) mass is 232 g/mol. The van der Waals surface area contributed by atoms with Gasteiger partial charge in [0.05, 0.1) is 11.2 Å². The largest absolute Gasteiger partial charge is 0.307 e. The maximum Gasteiger partial charge on any atom is 0.0795 e. The molecule has 0 aliphatic rings. The molecule has 2 rings (SSSR count). The second-order valence-electron chi connectivity index (χ2n) is 4.01. The van der Waals surface area contributed by atoms with E-state index in [9.17, 15) is 0 Å². The number of nitrogens with one attached hydrogen (secondary N) is 1. The first-order chi connectivity index (χ1) is 7.75. The Morgan fingerprint density at radius 1 is 1.25 bits per heavy atom. The van der Waals surface area contributed by atoms with Gasteiger partial charge in [-0.25, -0.2) is 4.98 Å². The molecule has 84 valence electrons. The molecular weight excluding hydrogens is 216 g/mol. The first-order valence-corrected chi connectivity index (χ1v) is 6.34. The maximum atomic E-state index is 4.24. The van der Waals surface area contributed by atoms with Gasteiger partial charge >= 0.3 is 0 Å². The lowest BCUT2D eigenvalue weighted by Crippen LogP contribution is -2.13. The number of thiazole rings is 1. The van der Waals surface area contributed by atoms with Crippen LogP contribution in [0.2, 0.25) is 0 Å². The molecule has 1 aromatic heterocycles. The molecule has 0 aliphatic carbocycles. The van der Waals surface area contributed by atoms with Gasteiger partial charge in [-0.2, -0.15) is 0 Å². The van der Waals surface area contributed by atoms with Crippen molar-refractivity contribution in [3.05, 3.63) is 51.5 Å². The highest BCUT2D eigenvalue weighted by Crippen LogP contribution is 2.10. The van der Waals surface area contributed by atoms with E-state index in [-0.39, 0.29) is 0 Å². The van der Waals surface area contributed by atoms with E-state index in [1.165, 1.54) is 16.7 Å². The summed E-state index contributed by atoms with van der Waals surface area (Å²) in [5.41, 5.74) is 7.02. The predicted molar refractivity (Wildman–Crippen MR) is 68.6 cm³/mol. The minimum atomic E-state index is 0.844. The number of rotatable bonds is 4. The smallest absolute Gasteiger partial charge is 0.0795 e. The second kappa shape index (κ2) is 5.23. The summed E-state index contributed by atoms with van der Waals surface area (Å²) < 4.78 is 0. The lowest BCUT2D eigenvalue weighted by Gasteiger charge is -2.07. The molecule has 0 saturated heterocycles. The third-order valence-corrected chi connectivity index (χ3v) is 3.24. The molecule has 3 heteroatoms. The fourth-order valence-corrected chi connectivity index (χ4v) is 2.20. The molecule has 0 radical (unpaired) electrons. The zero-order chi connectivity index (χ0) is 11.4. The quantitative estimate of drug-likeness (QED) is 0.876. The van der Waals surface area contributed by atoms with Gasteiger partial charge < -0.3 is 5.32 Å². The maximum absolute atomic E-state index is 4.24. The van der Waals surface area contributed by atoms with Crippen molar-refractivity contribution in [2.45, 2.75) is 26.9 Å². The van der Waals surface area contributed by atoms with Crippen LogP contribution in [0.5, 0.6) is 0 Å². The van der Waals surface area contributed by atoms with Gasteiger partial charge in [0, 0.05) is 18.5 Å². The fraction of sp³-hybridized carbons (Fsp3) is 0.308. The second-order valence-corrected chi connectivity index (χ2v) is 4.73. The molecule has 0 fully saturated rings. The molecule has 1 N–H and O–H groups in total. The Kier molecular flexibility index (Phi) is 3.70. The van der Waals surface area contributed by atoms with Crippen LogP contribution < -0.4 is 5.32 Å². The van der Waals surface area contributed by atoms with Crippen molar-refractivity contribution in [3.8, 4) is 0 Å². The van der Waals surface area contributed by atoms with E-state index in [0.29, 0.717) is 0 Å². The Morgan fingerprint density at radius 3 is 2.88 bits per heavy atom. The zero-order valence-electron chi connectivity index (χ0n) is 9.66. The van der Waals surface area contributed by atoms with Gasteiger partial charge in [0.25, 0.3) is 0 Å². The fourth-order valence-electron chi connectivity index (χ4n) is 1.64. The van der Waals surface area contributed by atoms with Crippen LogP contribution in [0.3, 0.4) is 0 Å². The summed E-state index contributed by atoms with van der Waals surface area (Å²) >= 11 is 1.64. The molecule has 2 nitrogen and oxygen atoms in total. The number of hydrogen-bond acceptors (Lipinski definition) is 3. The number of nitrogens with zero attached hydrogens (tertiary/aromatic N) is 1. The summed E-state index contributed by atoms with van der Waals surface area (Å²) in [6.45, 7) is 6.03. The Balaban J connectivity index is 1.92. The molecule has 1 aromatic carbocycles. The molecule has 16 heavy (non-hydrogen) atoms. The number of hydrogen-bond donors (Lipinski definition) is 1. The SMILES string of the molecule is Cc1ccc(C)c(CNCc2cscn2)c1. The van der Waals surface area contributed by atoms with Gasteiger partial charge in [0.2, 0.25) is 0 Å². The Labute approximate surface area is 100 Å². The third kappa shape index (κ3) is 2.90. The van der Waals surface area contributed by atoms with Crippen molar-refractivity contribution in [1.82, 2.24) is 10.3 Å². The zero-order valence-corrected chi connectivity index (χ0v) is 10.5. The first kappa shape index (κ1) is 11.3. The van der Waals surface area contributed by atoms with Crippen molar-refractivity contribution in [1.29, 1.82) is 0 Å². The summed E-state index contributed by atoms with van der Waals surface area (Å²) in [4.78, 5) is 4.24. The van der Waals surface area contributed by atoms with E-state index in [0.717, 1.165) is 18.8 Å². The Bertz CT molecular complexity index is 449. The lowest BCUT2D eigenvalue weighted by molar-refractivity contribution is 0.680. The van der Waals surface area contributed by atoms with Crippen molar-refractivity contribution < 1.29 is 0 Å². The van der Waals surface area contributed by atoms with Gasteiger partial charge in [-0.05, 0) is 25.0 Å². The van der Waals surface area contributed by atoms with Crippen molar-refractivity contribution in [2.75, 3.05) is 0 Å². The van der Waals surface area contributed by atoms with Crippen molar-refractivity contribution in [2.24, 2.45) is 0 Å². The summed E-state index contributed by atoms with van der Waals surface area (Å²) in [6.07, 6.45) is 0. The van der Waals surface area contributed by atoms with Crippen LogP contribution in [0.1, 0.15) is 22.4 Å².